The van der Waals surface area contributed by atoms with Gasteiger partial charge in [-0.3, -0.25) is 4.79 Å². The maximum absolute atomic E-state index is 13.4. The molecule has 1 heterocycles. The van der Waals surface area contributed by atoms with Gasteiger partial charge in [0.1, 0.15) is 23.9 Å². The van der Waals surface area contributed by atoms with E-state index in [1.807, 2.05) is 38.1 Å². The fourth-order valence-corrected chi connectivity index (χ4v) is 3.12. The van der Waals surface area contributed by atoms with Gasteiger partial charge in [0.2, 0.25) is 5.78 Å². The standard InChI is InChI=1S/C24H19FO3/c1-15-6-8-17(9-7-15)14-27-21-11-10-20-23(26)22(28-24(20)16(21)2)13-18-4-3-5-19(25)12-18/h3-13H,14H2,1-2H3/b22-13-. The minimum absolute atomic E-state index is 0.180. The lowest BCUT2D eigenvalue weighted by Crippen LogP contribution is -1.98. The smallest absolute Gasteiger partial charge is 0.231 e. The third-order valence-electron chi connectivity index (χ3n) is 4.70. The van der Waals surface area contributed by atoms with Gasteiger partial charge in [-0.05, 0) is 55.3 Å². The predicted octanol–water partition coefficient (Wildman–Crippen LogP) is 5.64. The molecule has 0 spiro atoms. The molecule has 0 atom stereocenters. The molecule has 3 nitrogen and oxygen atoms in total. The minimum Gasteiger partial charge on any atom is -0.488 e. The Bertz CT molecular complexity index is 1080. The Labute approximate surface area is 163 Å². The van der Waals surface area contributed by atoms with Crippen LogP contribution in [-0.4, -0.2) is 5.78 Å². The van der Waals surface area contributed by atoms with Crippen molar-refractivity contribution in [1.29, 1.82) is 0 Å². The van der Waals surface area contributed by atoms with Gasteiger partial charge in [-0.25, -0.2) is 4.39 Å². The molecule has 0 amide bonds. The van der Waals surface area contributed by atoms with Crippen LogP contribution in [0.15, 0.2) is 66.4 Å². The average Bonchev–Trinajstić information content (AvgIpc) is 2.99. The maximum atomic E-state index is 13.4. The number of carbonyl (C=O) groups excluding carboxylic acids is 1. The number of ketones is 1. The Morgan fingerprint density at radius 2 is 1.82 bits per heavy atom. The van der Waals surface area contributed by atoms with Gasteiger partial charge in [0.05, 0.1) is 5.56 Å². The summed E-state index contributed by atoms with van der Waals surface area (Å²) < 4.78 is 25.1. The predicted molar refractivity (Wildman–Crippen MR) is 106 cm³/mol. The van der Waals surface area contributed by atoms with E-state index < -0.39 is 0 Å². The molecule has 0 unspecified atom stereocenters. The van der Waals surface area contributed by atoms with E-state index in [1.54, 1.807) is 30.3 Å². The van der Waals surface area contributed by atoms with E-state index in [0.717, 1.165) is 11.1 Å². The molecule has 4 rings (SSSR count). The van der Waals surface area contributed by atoms with Crippen LogP contribution in [0.5, 0.6) is 11.5 Å². The Balaban J connectivity index is 1.57. The normalized spacial score (nSPS) is 14.1. The quantitative estimate of drug-likeness (QED) is 0.555. The molecule has 3 aromatic carbocycles. The number of hydrogen-bond donors (Lipinski definition) is 0. The number of ether oxygens (including phenoxy) is 2. The van der Waals surface area contributed by atoms with E-state index in [1.165, 1.54) is 17.7 Å². The second kappa shape index (κ2) is 7.31. The number of Topliss-reactive ketones (excluding diaryl/α,β-unsaturated/α-hetero) is 1. The fourth-order valence-electron chi connectivity index (χ4n) is 3.12. The Morgan fingerprint density at radius 3 is 2.57 bits per heavy atom. The van der Waals surface area contributed by atoms with Crippen molar-refractivity contribution in [3.63, 3.8) is 0 Å². The van der Waals surface area contributed by atoms with Crippen molar-refractivity contribution in [2.45, 2.75) is 20.5 Å². The zero-order valence-electron chi connectivity index (χ0n) is 15.7. The lowest BCUT2D eigenvalue weighted by molar-refractivity contribution is 0.101. The van der Waals surface area contributed by atoms with Crippen molar-refractivity contribution in [3.05, 3.63) is 100 Å². The highest BCUT2D eigenvalue weighted by molar-refractivity contribution is 6.14. The Morgan fingerprint density at radius 1 is 1.04 bits per heavy atom. The largest absolute Gasteiger partial charge is 0.488 e. The van der Waals surface area contributed by atoms with E-state index in [-0.39, 0.29) is 17.4 Å². The van der Waals surface area contributed by atoms with Gasteiger partial charge >= 0.3 is 0 Å². The van der Waals surface area contributed by atoms with Crippen molar-refractivity contribution in [2.24, 2.45) is 0 Å². The molecule has 1 aliphatic heterocycles. The molecule has 0 fully saturated rings. The lowest BCUT2D eigenvalue weighted by Gasteiger charge is -2.11. The first-order valence-corrected chi connectivity index (χ1v) is 9.03. The molecule has 0 saturated carbocycles. The first kappa shape index (κ1) is 18.0. The van der Waals surface area contributed by atoms with Crippen LogP contribution >= 0.6 is 0 Å². The maximum Gasteiger partial charge on any atom is 0.231 e. The number of benzene rings is 3. The van der Waals surface area contributed by atoms with Crippen LogP contribution in [0.3, 0.4) is 0 Å². The molecule has 0 aliphatic carbocycles. The lowest BCUT2D eigenvalue weighted by atomic mass is 10.1. The Kier molecular flexibility index (Phi) is 4.70. The summed E-state index contributed by atoms with van der Waals surface area (Å²) in [6, 6.07) is 17.7. The van der Waals surface area contributed by atoms with Crippen LogP contribution in [0.25, 0.3) is 6.08 Å². The van der Waals surface area contributed by atoms with Gasteiger partial charge in [0.25, 0.3) is 0 Å². The van der Waals surface area contributed by atoms with Crippen molar-refractivity contribution in [2.75, 3.05) is 0 Å². The summed E-state index contributed by atoms with van der Waals surface area (Å²) in [6.07, 6.45) is 1.55. The van der Waals surface area contributed by atoms with Crippen LogP contribution < -0.4 is 9.47 Å². The third-order valence-corrected chi connectivity index (χ3v) is 4.70. The SMILES string of the molecule is Cc1ccc(COc2ccc3c(c2C)O/C(=C\c2cccc(F)c2)C3=O)cc1. The average molecular weight is 374 g/mol. The summed E-state index contributed by atoms with van der Waals surface area (Å²) in [4.78, 5) is 12.6. The monoisotopic (exact) mass is 374 g/mol. The molecule has 0 saturated heterocycles. The van der Waals surface area contributed by atoms with E-state index in [0.29, 0.717) is 29.2 Å². The van der Waals surface area contributed by atoms with Crippen LogP contribution in [0.2, 0.25) is 0 Å². The highest BCUT2D eigenvalue weighted by Crippen LogP contribution is 2.39. The van der Waals surface area contributed by atoms with Crippen LogP contribution in [0.4, 0.5) is 4.39 Å². The summed E-state index contributed by atoms with van der Waals surface area (Å²) in [6.45, 7) is 4.33. The first-order valence-electron chi connectivity index (χ1n) is 9.03. The molecule has 140 valence electrons. The van der Waals surface area contributed by atoms with Gasteiger partial charge in [0, 0.05) is 5.56 Å². The van der Waals surface area contributed by atoms with E-state index in [9.17, 15) is 9.18 Å². The molecular formula is C24H19FO3. The molecule has 0 aromatic heterocycles. The summed E-state index contributed by atoms with van der Waals surface area (Å²) in [5.41, 5.74) is 4.09. The third kappa shape index (κ3) is 3.54. The summed E-state index contributed by atoms with van der Waals surface area (Å²) in [5, 5.41) is 0. The van der Waals surface area contributed by atoms with Crippen LogP contribution in [0.1, 0.15) is 32.6 Å². The molecule has 1 aliphatic rings. The Hall–Kier alpha value is -3.40. The van der Waals surface area contributed by atoms with Crippen molar-refractivity contribution in [3.8, 4) is 11.5 Å². The van der Waals surface area contributed by atoms with E-state index >= 15 is 0 Å². The fraction of sp³-hybridized carbons (Fsp3) is 0.125. The van der Waals surface area contributed by atoms with Gasteiger partial charge in [-0.2, -0.15) is 0 Å². The first-order chi connectivity index (χ1) is 13.5. The highest BCUT2D eigenvalue weighted by Gasteiger charge is 2.30. The molecule has 28 heavy (non-hydrogen) atoms. The van der Waals surface area contributed by atoms with Crippen molar-refractivity contribution in [1.82, 2.24) is 0 Å². The van der Waals surface area contributed by atoms with Gasteiger partial charge in [-0.15, -0.1) is 0 Å². The molecule has 0 radical (unpaired) electrons. The summed E-state index contributed by atoms with van der Waals surface area (Å²) in [5.74, 6) is 0.764. The molecule has 4 heteroatoms. The zero-order chi connectivity index (χ0) is 19.7. The number of fused-ring (bicyclic) bond motifs is 1. The van der Waals surface area contributed by atoms with Gasteiger partial charge in [-0.1, -0.05) is 42.0 Å². The van der Waals surface area contributed by atoms with Gasteiger partial charge in [0.15, 0.2) is 5.76 Å². The second-order valence-electron chi connectivity index (χ2n) is 6.83. The molecular weight excluding hydrogens is 355 g/mol. The van der Waals surface area contributed by atoms with Crippen LogP contribution in [-0.2, 0) is 6.61 Å². The van der Waals surface area contributed by atoms with Crippen LogP contribution in [0, 0.1) is 19.7 Å². The summed E-state index contributed by atoms with van der Waals surface area (Å²) in [7, 11) is 0. The number of rotatable bonds is 4. The van der Waals surface area contributed by atoms with Crippen molar-refractivity contribution >= 4 is 11.9 Å². The number of aryl methyl sites for hydroxylation is 1. The molecule has 3 aromatic rings. The number of carbonyl (C=O) groups is 1. The summed E-state index contributed by atoms with van der Waals surface area (Å²) >= 11 is 0. The second-order valence-corrected chi connectivity index (χ2v) is 6.83. The minimum atomic E-state index is -0.361. The molecule has 0 bridgehead atoms. The topological polar surface area (TPSA) is 35.5 Å². The van der Waals surface area contributed by atoms with Gasteiger partial charge < -0.3 is 9.47 Å². The van der Waals surface area contributed by atoms with E-state index in [2.05, 4.69) is 0 Å². The number of halogens is 1. The van der Waals surface area contributed by atoms with Crippen molar-refractivity contribution < 1.29 is 18.7 Å². The van der Waals surface area contributed by atoms with E-state index in [4.69, 9.17) is 9.47 Å². The zero-order valence-corrected chi connectivity index (χ0v) is 15.7. The highest BCUT2D eigenvalue weighted by atomic mass is 19.1. The number of hydrogen-bond acceptors (Lipinski definition) is 3. The number of allylic oxidation sites excluding steroid dienone is 1. The molecule has 0 N–H and O–H groups in total.